The molecule has 0 aromatic heterocycles. The van der Waals surface area contributed by atoms with Gasteiger partial charge in [0.1, 0.15) is 0 Å². The zero-order chi connectivity index (χ0) is 20.5. The highest BCUT2D eigenvalue weighted by Crippen LogP contribution is 2.54. The van der Waals surface area contributed by atoms with Gasteiger partial charge >= 0.3 is 32.5 Å². The van der Waals surface area contributed by atoms with Gasteiger partial charge in [-0.15, -0.1) is 0 Å². The zero-order valence-corrected chi connectivity index (χ0v) is 17.6. The van der Waals surface area contributed by atoms with Crippen molar-refractivity contribution >= 4 is 26.6 Å². The van der Waals surface area contributed by atoms with Crippen LogP contribution in [0.4, 0.5) is 39.5 Å². The normalized spacial score (nSPS) is 15.4. The van der Waals surface area contributed by atoms with Gasteiger partial charge < -0.3 is 8.23 Å². The van der Waals surface area contributed by atoms with E-state index in [1.165, 1.54) is 6.55 Å². The third kappa shape index (κ3) is 5.97. The molecule has 0 heterocycles. The molecular formula is C11H21F9O2Si3. The van der Waals surface area contributed by atoms with Gasteiger partial charge in [-0.2, -0.15) is 39.5 Å². The average Bonchev–Trinajstić information content (AvgIpc) is 2.32. The van der Waals surface area contributed by atoms with Crippen LogP contribution in [0.5, 0.6) is 0 Å². The van der Waals surface area contributed by atoms with E-state index in [9.17, 15) is 39.5 Å². The zero-order valence-electron chi connectivity index (χ0n) is 14.3. The summed E-state index contributed by atoms with van der Waals surface area (Å²) >= 11 is 0. The summed E-state index contributed by atoms with van der Waals surface area (Å²) < 4.78 is 127. The summed E-state index contributed by atoms with van der Waals surface area (Å²) in [6.45, 7) is 7.99. The van der Waals surface area contributed by atoms with Crippen molar-refractivity contribution in [3.63, 3.8) is 0 Å². The van der Waals surface area contributed by atoms with Crippen LogP contribution in [0.2, 0.25) is 38.8 Å². The summed E-state index contributed by atoms with van der Waals surface area (Å²) in [7, 11) is -7.07. The minimum atomic E-state index is -6.86. The molecule has 0 aliphatic heterocycles. The first kappa shape index (κ1) is 24.9. The molecule has 0 unspecified atom stereocenters. The molecule has 0 rings (SSSR count). The van der Waals surface area contributed by atoms with Gasteiger partial charge in [-0.3, -0.25) is 0 Å². The van der Waals surface area contributed by atoms with Crippen molar-refractivity contribution in [2.75, 3.05) is 0 Å². The lowest BCUT2D eigenvalue weighted by Gasteiger charge is -2.36. The van der Waals surface area contributed by atoms with Crippen LogP contribution < -0.4 is 0 Å². The second-order valence-electron chi connectivity index (χ2n) is 6.32. The van der Waals surface area contributed by atoms with E-state index in [0.29, 0.717) is 0 Å². The van der Waals surface area contributed by atoms with E-state index in [4.69, 9.17) is 8.23 Å². The van der Waals surface area contributed by atoms with E-state index in [-0.39, 0.29) is 0 Å². The van der Waals surface area contributed by atoms with Crippen LogP contribution in [0, 0.1) is 0 Å². The molecule has 0 radical (unpaired) electrons. The number of hydrogen-bond donors (Lipinski definition) is 0. The standard InChI is InChI=1S/C11H21F9O2Si3/c1-23(2)21-25(5,22-24(3)4)7-6-8(12,13)9(14,15)10(16,17)11(18,19)20/h23-24H,6-7H2,1-5H3. The molecule has 152 valence electrons. The van der Waals surface area contributed by atoms with Gasteiger partial charge in [0.05, 0.1) is 0 Å². The third-order valence-electron chi connectivity index (χ3n) is 3.07. The molecule has 0 aliphatic carbocycles. The first-order valence-electron chi connectivity index (χ1n) is 7.35. The highest BCUT2D eigenvalue weighted by atomic mass is 28.5. The predicted molar refractivity (Wildman–Crippen MR) is 81.9 cm³/mol. The lowest BCUT2D eigenvalue weighted by Crippen LogP contribution is -2.61. The topological polar surface area (TPSA) is 18.5 Å². The first-order valence-corrected chi connectivity index (χ1v) is 15.4. The second kappa shape index (κ2) is 7.90. The molecule has 0 saturated carbocycles. The quantitative estimate of drug-likeness (QED) is 0.374. The van der Waals surface area contributed by atoms with E-state index in [1.54, 1.807) is 26.2 Å². The van der Waals surface area contributed by atoms with Gasteiger partial charge in [0.25, 0.3) is 0 Å². The largest absolute Gasteiger partial charge is 0.460 e. The average molecular weight is 441 g/mol. The Balaban J connectivity index is 5.46. The van der Waals surface area contributed by atoms with Crippen LogP contribution in [0.25, 0.3) is 0 Å². The highest BCUT2D eigenvalue weighted by molar-refractivity contribution is 6.79. The molecule has 0 aliphatic rings. The minimum Gasteiger partial charge on any atom is -0.439 e. The maximum absolute atomic E-state index is 13.6. The highest BCUT2D eigenvalue weighted by Gasteiger charge is 2.81. The Kier molecular flexibility index (Phi) is 7.88. The Morgan fingerprint density at radius 1 is 0.720 bits per heavy atom. The molecular weight excluding hydrogens is 419 g/mol. The van der Waals surface area contributed by atoms with Crippen molar-refractivity contribution in [2.45, 2.75) is 69.1 Å². The molecule has 0 aromatic carbocycles. The molecule has 0 saturated heterocycles. The Morgan fingerprint density at radius 2 is 1.08 bits per heavy atom. The summed E-state index contributed by atoms with van der Waals surface area (Å²) in [5.41, 5.74) is 0. The first-order chi connectivity index (χ1) is 10.8. The smallest absolute Gasteiger partial charge is 0.439 e. The molecule has 0 spiro atoms. The number of hydrogen-bond acceptors (Lipinski definition) is 2. The van der Waals surface area contributed by atoms with E-state index in [0.717, 1.165) is 0 Å². The Hall–Kier alpha value is -0.0594. The molecule has 2 nitrogen and oxygen atoms in total. The van der Waals surface area contributed by atoms with Crippen molar-refractivity contribution < 1.29 is 47.7 Å². The van der Waals surface area contributed by atoms with Gasteiger partial charge in [-0.25, -0.2) is 0 Å². The van der Waals surface area contributed by atoms with E-state index >= 15 is 0 Å². The van der Waals surface area contributed by atoms with E-state index in [1.807, 2.05) is 0 Å². The summed E-state index contributed by atoms with van der Waals surface area (Å²) in [5.74, 6) is -19.0. The van der Waals surface area contributed by atoms with Crippen LogP contribution >= 0.6 is 0 Å². The third-order valence-corrected chi connectivity index (χ3v) is 12.0. The minimum absolute atomic E-state index is 0.820. The SMILES string of the molecule is C[SiH](C)O[Si](C)(CCC(F)(F)C(F)(F)C(F)(F)C(F)(F)F)O[SiH](C)C. The molecule has 0 N–H and O–H groups in total. The van der Waals surface area contributed by atoms with Gasteiger partial charge in [-0.1, -0.05) is 0 Å². The summed E-state index contributed by atoms with van der Waals surface area (Å²) in [5, 5.41) is 0. The lowest BCUT2D eigenvalue weighted by molar-refractivity contribution is -0.396. The molecule has 25 heavy (non-hydrogen) atoms. The van der Waals surface area contributed by atoms with E-state index in [2.05, 4.69) is 0 Å². The number of halogens is 9. The van der Waals surface area contributed by atoms with Crippen molar-refractivity contribution in [1.29, 1.82) is 0 Å². The number of alkyl halides is 9. The molecule has 0 bridgehead atoms. The Morgan fingerprint density at radius 3 is 1.36 bits per heavy atom. The van der Waals surface area contributed by atoms with Gasteiger partial charge in [-0.05, 0) is 38.8 Å². The molecule has 0 amide bonds. The summed E-state index contributed by atoms with van der Waals surface area (Å²) in [4.78, 5) is 0. The van der Waals surface area contributed by atoms with Crippen LogP contribution in [0.15, 0.2) is 0 Å². The van der Waals surface area contributed by atoms with Crippen LogP contribution in [-0.2, 0) is 8.23 Å². The fourth-order valence-electron chi connectivity index (χ4n) is 2.09. The maximum Gasteiger partial charge on any atom is 0.460 e. The van der Waals surface area contributed by atoms with Crippen molar-refractivity contribution in [3.8, 4) is 0 Å². The van der Waals surface area contributed by atoms with Crippen molar-refractivity contribution in [3.05, 3.63) is 0 Å². The summed E-state index contributed by atoms with van der Waals surface area (Å²) in [6.07, 6.45) is -8.69. The molecule has 0 atom stereocenters. The van der Waals surface area contributed by atoms with Crippen molar-refractivity contribution in [2.24, 2.45) is 0 Å². The van der Waals surface area contributed by atoms with Gasteiger partial charge in [0.2, 0.25) is 0 Å². The Bertz CT molecular complexity index is 431. The fraction of sp³-hybridized carbons (Fsp3) is 1.00. The molecule has 0 fully saturated rings. The Labute approximate surface area is 144 Å². The van der Waals surface area contributed by atoms with Crippen LogP contribution in [-0.4, -0.2) is 50.6 Å². The summed E-state index contributed by atoms with van der Waals surface area (Å²) in [6, 6.07) is -0.820. The van der Waals surface area contributed by atoms with Crippen LogP contribution in [0.3, 0.4) is 0 Å². The van der Waals surface area contributed by atoms with Gasteiger partial charge in [0, 0.05) is 6.42 Å². The van der Waals surface area contributed by atoms with Crippen LogP contribution in [0.1, 0.15) is 6.42 Å². The van der Waals surface area contributed by atoms with Crippen molar-refractivity contribution in [1.82, 2.24) is 0 Å². The fourth-order valence-corrected chi connectivity index (χ4v) is 12.5. The van der Waals surface area contributed by atoms with Gasteiger partial charge in [0.15, 0.2) is 18.1 Å². The maximum atomic E-state index is 13.6. The monoisotopic (exact) mass is 440 g/mol. The number of rotatable bonds is 9. The second-order valence-corrected chi connectivity index (χ2v) is 15.2. The molecule has 0 aromatic rings. The van der Waals surface area contributed by atoms with E-state index < -0.39 is 63.1 Å². The lowest BCUT2D eigenvalue weighted by atomic mass is 10.0. The predicted octanol–water partition coefficient (Wildman–Crippen LogP) is 4.92. The molecule has 14 heteroatoms.